The summed E-state index contributed by atoms with van der Waals surface area (Å²) in [5.74, 6) is 0. The summed E-state index contributed by atoms with van der Waals surface area (Å²) >= 11 is 0. The van der Waals surface area contributed by atoms with E-state index in [0.29, 0.717) is 0 Å². The molecule has 26 nitrogen and oxygen atoms in total. The van der Waals surface area contributed by atoms with Crippen LogP contribution in [0.15, 0.2) is 0 Å². The highest BCUT2D eigenvalue weighted by Crippen LogP contribution is 2.74. The van der Waals surface area contributed by atoms with Gasteiger partial charge in [0.2, 0.25) is 0 Å². The quantitative estimate of drug-likeness (QED) is 0.0791. The lowest BCUT2D eigenvalue weighted by molar-refractivity contribution is -0.418. The van der Waals surface area contributed by atoms with Crippen LogP contribution < -0.4 is 14.7 Å². The minimum absolute atomic E-state index is 3.30. The van der Waals surface area contributed by atoms with Crippen molar-refractivity contribution >= 4 is 54.0 Å². The molecule has 33 heteroatoms. The van der Waals surface area contributed by atoms with E-state index in [1.807, 2.05) is 0 Å². The Labute approximate surface area is 214 Å². The van der Waals surface area contributed by atoms with Crippen molar-refractivity contribution < 1.29 is 123 Å². The Kier molecular flexibility index (Phi) is 12.2. The average molecular weight is 722 g/mol. The van der Waals surface area contributed by atoms with Gasteiger partial charge in [-0.15, -0.1) is 0 Å². The molecule has 0 amide bonds. The maximum Gasteiger partial charge on any atom is 0.470 e. The van der Waals surface area contributed by atoms with Crippen molar-refractivity contribution in [1.82, 2.24) is 0 Å². The van der Waals surface area contributed by atoms with Crippen LogP contribution in [-0.2, 0) is 54.5 Å². The molecular weight excluding hydrogens is 705 g/mol. The van der Waals surface area contributed by atoms with Crippen LogP contribution in [0.3, 0.4) is 0 Å². The lowest BCUT2D eigenvalue weighted by Crippen LogP contribution is -2.66. The minimum Gasteiger partial charge on any atom is -0.680 e. The second kappa shape index (κ2) is 12.6. The van der Waals surface area contributed by atoms with E-state index in [-0.39, 0.29) is 0 Å². The molecule has 0 aromatic carbocycles. The molecule has 0 heterocycles. The van der Waals surface area contributed by atoms with E-state index in [1.54, 1.807) is 0 Å². The van der Waals surface area contributed by atoms with Crippen LogP contribution in [0, 0.1) is 0 Å². The molecule has 0 bridgehead atoms. The average Bonchev–Trinajstić information content (AvgIpc) is 2.58. The molecular formula is C6H17O26P7-2. The molecule has 0 aromatic rings. The molecule has 0 aromatic heterocycles. The van der Waals surface area contributed by atoms with Crippen LogP contribution in [0.5, 0.6) is 0 Å². The van der Waals surface area contributed by atoms with Gasteiger partial charge < -0.3 is 63.6 Å². The molecule has 1 aliphatic rings. The normalized spacial score (nSPS) is 29.7. The summed E-state index contributed by atoms with van der Waals surface area (Å²) < 4.78 is 93.7. The summed E-state index contributed by atoms with van der Waals surface area (Å²) in [5.41, 5.74) is 0. The number of phosphoric ester groups is 5. The second-order valence-electron chi connectivity index (χ2n) is 6.83. The Hall–Kier alpha value is 1.01. The Morgan fingerprint density at radius 3 is 0.667 bits per heavy atom. The van der Waals surface area contributed by atoms with Gasteiger partial charge >= 0.3 is 46.4 Å². The molecule has 1 rings (SSSR count). The minimum atomic E-state index is -6.92. The molecule has 1 aliphatic carbocycles. The molecule has 7 atom stereocenters. The number of hydrogen-bond acceptors (Lipinski definition) is 15. The van der Waals surface area contributed by atoms with Crippen LogP contribution >= 0.6 is 54.0 Å². The van der Waals surface area contributed by atoms with Crippen LogP contribution in [0.1, 0.15) is 0 Å². The molecule has 0 spiro atoms. The van der Waals surface area contributed by atoms with Crippen molar-refractivity contribution in [2.75, 3.05) is 0 Å². The van der Waals surface area contributed by atoms with E-state index in [4.69, 9.17) is 9.79 Å². The fourth-order valence-electron chi connectivity index (χ4n) is 2.85. The maximum absolute atomic E-state index is 12.0. The van der Waals surface area contributed by atoms with Gasteiger partial charge in [-0.2, -0.15) is 0 Å². The first kappa shape index (κ1) is 38.0. The molecule has 0 radical (unpaired) electrons. The van der Waals surface area contributed by atoms with Crippen molar-refractivity contribution in [2.45, 2.75) is 36.6 Å². The number of hydrogen-bond donors (Lipinski definition) is 11. The molecule has 234 valence electrons. The highest BCUT2D eigenvalue weighted by atomic mass is 32.1. The van der Waals surface area contributed by atoms with Gasteiger partial charge in [0.1, 0.15) is 36.6 Å². The Bertz CT molecular complexity index is 1080. The molecule has 0 saturated heterocycles. The smallest absolute Gasteiger partial charge is 0.470 e. The van der Waals surface area contributed by atoms with Gasteiger partial charge in [0, 0.05) is 0 Å². The zero-order chi connectivity index (χ0) is 31.2. The molecule has 1 saturated carbocycles. The number of rotatable bonds is 13. The number of phosphoric acid groups is 5. The van der Waals surface area contributed by atoms with Crippen LogP contribution in [0.2, 0.25) is 0 Å². The highest BCUT2D eigenvalue weighted by Gasteiger charge is 2.63. The largest absolute Gasteiger partial charge is 0.680 e. The van der Waals surface area contributed by atoms with E-state index < -0.39 is 90.7 Å². The van der Waals surface area contributed by atoms with Gasteiger partial charge in [-0.25, -0.2) is 27.4 Å². The maximum atomic E-state index is 12.0. The Morgan fingerprint density at radius 2 is 0.538 bits per heavy atom. The fourth-order valence-corrected chi connectivity index (χ4v) is 6.98. The van der Waals surface area contributed by atoms with Gasteiger partial charge in [-0.05, 0) is 7.63 Å². The first-order chi connectivity index (χ1) is 16.8. The molecule has 11 N–H and O–H groups in total. The van der Waals surface area contributed by atoms with E-state index in [9.17, 15) is 86.1 Å². The Balaban J connectivity index is 4.16. The van der Waals surface area contributed by atoms with E-state index >= 15 is 0 Å². The first-order valence-corrected chi connectivity index (χ1v) is 20.0. The zero-order valence-electron chi connectivity index (χ0n) is 17.6. The van der Waals surface area contributed by atoms with E-state index in [2.05, 4.69) is 27.1 Å². The van der Waals surface area contributed by atoms with Crippen molar-refractivity contribution in [1.29, 1.82) is 0 Å². The fraction of sp³-hybridized carbons (Fsp3) is 1.00. The summed E-state index contributed by atoms with van der Waals surface area (Å²) in [7, 11) is -44.6. The van der Waals surface area contributed by atoms with Crippen molar-refractivity contribution in [3.63, 3.8) is 0 Å². The predicted octanol–water partition coefficient (Wildman–Crippen LogP) is -5.28. The third-order valence-corrected chi connectivity index (χ3v) is 9.67. The van der Waals surface area contributed by atoms with Gasteiger partial charge in [-0.1, -0.05) is 0 Å². The molecule has 3 unspecified atom stereocenters. The van der Waals surface area contributed by atoms with Crippen LogP contribution in [0.4, 0.5) is 0 Å². The summed E-state index contributed by atoms with van der Waals surface area (Å²) in [4.78, 5) is 135. The highest BCUT2D eigenvalue weighted by molar-refractivity contribution is 8.27. The summed E-state index contributed by atoms with van der Waals surface area (Å²) in [6.07, 6.45) is -20.3. The van der Waals surface area contributed by atoms with Crippen molar-refractivity contribution in [2.24, 2.45) is 0 Å². The topological polar surface area (TPSA) is 450 Å². The van der Waals surface area contributed by atoms with Crippen molar-refractivity contribution in [3.8, 4) is 0 Å². The van der Waals surface area contributed by atoms with Crippen LogP contribution in [0.25, 0.3) is 0 Å². The summed E-state index contributed by atoms with van der Waals surface area (Å²) in [5, 5.41) is 0. The lowest BCUT2D eigenvalue weighted by atomic mass is 9.85. The first-order valence-electron chi connectivity index (χ1n) is 8.55. The van der Waals surface area contributed by atoms with Crippen LogP contribution in [-0.4, -0.2) is 90.5 Å². The zero-order valence-corrected chi connectivity index (χ0v) is 23.9. The Morgan fingerprint density at radius 1 is 0.385 bits per heavy atom. The van der Waals surface area contributed by atoms with E-state index in [0.717, 1.165) is 0 Å². The SMILES string of the molecule is O=P(O)(O)OC1[C@@H](OP(=O)(O)O)[C@H](OP(=O)(O)O)C(OP(=O)(O)[P+]([O-])([O-])[O-])[C@H](OP(=O)(O)O)[C@@H]1OP(=O)(O)O. The van der Waals surface area contributed by atoms with Gasteiger partial charge in [0.15, 0.2) is 0 Å². The van der Waals surface area contributed by atoms with E-state index in [1.165, 1.54) is 0 Å². The predicted molar refractivity (Wildman–Crippen MR) is 106 cm³/mol. The van der Waals surface area contributed by atoms with Gasteiger partial charge in [0.05, 0.1) is 0 Å². The second-order valence-corrected chi connectivity index (χ2v) is 17.9. The van der Waals surface area contributed by atoms with Crippen molar-refractivity contribution in [3.05, 3.63) is 0 Å². The monoisotopic (exact) mass is 722 g/mol. The third-order valence-electron chi connectivity index (χ3n) is 3.81. The lowest BCUT2D eigenvalue weighted by Gasteiger charge is -2.50. The third kappa shape index (κ3) is 13.0. The molecule has 39 heavy (non-hydrogen) atoms. The standard InChI is InChI=1S/C6H19O26P7/c7-33(8,9)27-1-2(28-34(10,11)12)4(30-36(16,17)18)6(32-39(25,26)38(22,23)24)5(31-37(19,20)21)3(1)29-35(13,14)15/h1-6H,(H,25,26)(H2,7,8,9)(H2,10,11,12)(H2,13,14,15)(H2,16,17,18)(H2,19,20,21)(H2,22,23,24)/p-2/t1?,2-,3-,4-,5+,6?/m1/s1. The summed E-state index contributed by atoms with van der Waals surface area (Å²) in [6, 6.07) is 0. The molecule has 1 fully saturated rings. The van der Waals surface area contributed by atoms with Gasteiger partial charge in [-0.3, -0.25) is 32.0 Å². The molecule has 0 aliphatic heterocycles. The van der Waals surface area contributed by atoms with Gasteiger partial charge in [0.25, 0.3) is 0 Å². The summed E-state index contributed by atoms with van der Waals surface area (Å²) in [6.45, 7) is 0.